The lowest BCUT2D eigenvalue weighted by Crippen LogP contribution is -2.17. The zero-order valence-corrected chi connectivity index (χ0v) is 11.7. The lowest BCUT2D eigenvalue weighted by atomic mass is 10.1. The van der Waals surface area contributed by atoms with Crippen molar-refractivity contribution in [2.24, 2.45) is 0 Å². The van der Waals surface area contributed by atoms with Crippen molar-refractivity contribution in [3.8, 4) is 0 Å². The van der Waals surface area contributed by atoms with Crippen LogP contribution in [0.1, 0.15) is 18.4 Å². The molecule has 1 aromatic carbocycles. The van der Waals surface area contributed by atoms with E-state index in [1.807, 2.05) is 18.0 Å². The van der Waals surface area contributed by atoms with Gasteiger partial charge in [0.15, 0.2) is 0 Å². The van der Waals surface area contributed by atoms with Crippen molar-refractivity contribution in [2.45, 2.75) is 24.5 Å². The summed E-state index contributed by atoms with van der Waals surface area (Å²) in [7, 11) is 0. The van der Waals surface area contributed by atoms with Crippen LogP contribution in [0, 0.1) is 6.92 Å². The predicted octanol–water partition coefficient (Wildman–Crippen LogP) is 3.85. The van der Waals surface area contributed by atoms with E-state index in [9.17, 15) is 0 Å². The van der Waals surface area contributed by atoms with E-state index in [1.165, 1.54) is 29.5 Å². The third kappa shape index (κ3) is 2.19. The summed E-state index contributed by atoms with van der Waals surface area (Å²) in [6.45, 7) is 3.18. The van der Waals surface area contributed by atoms with Crippen LogP contribution in [-0.4, -0.2) is 22.5 Å². The molecule has 0 aliphatic heterocycles. The Balaban J connectivity index is 1.89. The Hall–Kier alpha value is -1.22. The predicted molar refractivity (Wildman–Crippen MR) is 80.4 cm³/mol. The van der Waals surface area contributed by atoms with Gasteiger partial charge in [0.2, 0.25) is 0 Å². The zero-order valence-electron chi connectivity index (χ0n) is 10.9. The molecule has 3 rings (SSSR count). The molecule has 1 aliphatic carbocycles. The number of nitrogens with one attached hydrogen (secondary N) is 1. The zero-order chi connectivity index (χ0) is 12.6. The van der Waals surface area contributed by atoms with Crippen molar-refractivity contribution in [1.29, 1.82) is 0 Å². The summed E-state index contributed by atoms with van der Waals surface area (Å²) in [5, 5.41) is 4.84. The molecule has 0 saturated heterocycles. The molecule has 0 bridgehead atoms. The number of rotatable bonds is 4. The van der Waals surface area contributed by atoms with Gasteiger partial charge in [0, 0.05) is 28.6 Å². The number of fused-ring (bicyclic) bond motifs is 1. The Morgan fingerprint density at radius 2 is 2.17 bits per heavy atom. The van der Waals surface area contributed by atoms with Gasteiger partial charge in [-0.2, -0.15) is 11.8 Å². The lowest BCUT2D eigenvalue weighted by Gasteiger charge is -2.15. The van der Waals surface area contributed by atoms with E-state index in [-0.39, 0.29) is 0 Å². The highest BCUT2D eigenvalue weighted by Gasteiger charge is 2.41. The smallest absolute Gasteiger partial charge is 0.0722 e. The van der Waals surface area contributed by atoms with Crippen molar-refractivity contribution >= 4 is 28.4 Å². The summed E-state index contributed by atoms with van der Waals surface area (Å²) in [4.78, 5) is 4.42. The Labute approximate surface area is 112 Å². The largest absolute Gasteiger partial charge is 0.383 e. The standard InChI is InChI=1S/C15H18N2S/c1-11-3-4-13-12(9-11)14(5-8-16-13)17-10-15(18-2)6-7-15/h3-5,8-9H,6-7,10H2,1-2H3,(H,16,17). The van der Waals surface area contributed by atoms with E-state index in [2.05, 4.69) is 47.7 Å². The highest BCUT2D eigenvalue weighted by atomic mass is 32.2. The van der Waals surface area contributed by atoms with Crippen molar-refractivity contribution in [2.75, 3.05) is 18.1 Å². The Kier molecular flexibility index (Phi) is 2.94. The van der Waals surface area contributed by atoms with Gasteiger partial charge in [-0.1, -0.05) is 11.6 Å². The number of aryl methyl sites for hydroxylation is 1. The Bertz CT molecular complexity index is 576. The first kappa shape index (κ1) is 11.8. The summed E-state index contributed by atoms with van der Waals surface area (Å²) < 4.78 is 0.486. The van der Waals surface area contributed by atoms with E-state index < -0.39 is 0 Å². The lowest BCUT2D eigenvalue weighted by molar-refractivity contribution is 0.950. The van der Waals surface area contributed by atoms with Crippen LogP contribution in [0.5, 0.6) is 0 Å². The van der Waals surface area contributed by atoms with E-state index in [4.69, 9.17) is 0 Å². The van der Waals surface area contributed by atoms with Crippen LogP contribution >= 0.6 is 11.8 Å². The molecule has 1 N–H and O–H groups in total. The van der Waals surface area contributed by atoms with E-state index >= 15 is 0 Å². The van der Waals surface area contributed by atoms with Gasteiger partial charge in [-0.05, 0) is 44.2 Å². The molecule has 0 amide bonds. The fraction of sp³-hybridized carbons (Fsp3) is 0.400. The molecule has 1 aromatic heterocycles. The molecule has 1 saturated carbocycles. The second kappa shape index (κ2) is 4.47. The number of benzene rings is 1. The molecule has 18 heavy (non-hydrogen) atoms. The maximum Gasteiger partial charge on any atom is 0.0722 e. The second-order valence-electron chi connectivity index (χ2n) is 5.12. The maximum absolute atomic E-state index is 4.42. The summed E-state index contributed by atoms with van der Waals surface area (Å²) in [6, 6.07) is 8.50. The molecule has 3 heteroatoms. The van der Waals surface area contributed by atoms with Gasteiger partial charge in [-0.3, -0.25) is 4.98 Å². The van der Waals surface area contributed by atoms with Crippen LogP contribution in [0.25, 0.3) is 10.9 Å². The number of hydrogen-bond acceptors (Lipinski definition) is 3. The minimum atomic E-state index is 0.486. The SMILES string of the molecule is CSC1(CNc2ccnc3ccc(C)cc23)CC1. The monoisotopic (exact) mass is 258 g/mol. The highest BCUT2D eigenvalue weighted by molar-refractivity contribution is 8.00. The third-order valence-electron chi connectivity index (χ3n) is 3.74. The van der Waals surface area contributed by atoms with Crippen molar-refractivity contribution in [1.82, 2.24) is 4.98 Å². The second-order valence-corrected chi connectivity index (χ2v) is 6.39. The summed E-state index contributed by atoms with van der Waals surface area (Å²) in [5.41, 5.74) is 3.56. The van der Waals surface area contributed by atoms with E-state index in [0.29, 0.717) is 4.75 Å². The van der Waals surface area contributed by atoms with Gasteiger partial charge < -0.3 is 5.32 Å². The molecular formula is C15H18N2S. The molecule has 94 valence electrons. The van der Waals surface area contributed by atoms with Gasteiger partial charge in [-0.15, -0.1) is 0 Å². The first-order chi connectivity index (χ1) is 8.72. The van der Waals surface area contributed by atoms with Crippen LogP contribution in [0.15, 0.2) is 30.5 Å². The third-order valence-corrected chi connectivity index (χ3v) is 5.16. The van der Waals surface area contributed by atoms with Crippen molar-refractivity contribution in [3.63, 3.8) is 0 Å². The average molecular weight is 258 g/mol. The van der Waals surface area contributed by atoms with Gasteiger partial charge in [0.1, 0.15) is 0 Å². The number of nitrogens with zero attached hydrogens (tertiary/aromatic N) is 1. The number of pyridine rings is 1. The Morgan fingerprint density at radius 3 is 2.89 bits per heavy atom. The molecule has 1 aliphatic rings. The van der Waals surface area contributed by atoms with Crippen LogP contribution in [0.4, 0.5) is 5.69 Å². The molecule has 0 spiro atoms. The summed E-state index contributed by atoms with van der Waals surface area (Å²) in [5.74, 6) is 0. The molecule has 0 unspecified atom stereocenters. The van der Waals surface area contributed by atoms with Crippen LogP contribution in [0.3, 0.4) is 0 Å². The molecular weight excluding hydrogens is 240 g/mol. The normalized spacial score (nSPS) is 16.8. The van der Waals surface area contributed by atoms with Crippen LogP contribution in [-0.2, 0) is 0 Å². The molecule has 1 fully saturated rings. The van der Waals surface area contributed by atoms with Gasteiger partial charge in [0.05, 0.1) is 5.52 Å². The fourth-order valence-electron chi connectivity index (χ4n) is 2.26. The van der Waals surface area contributed by atoms with Gasteiger partial charge >= 0.3 is 0 Å². The Morgan fingerprint density at radius 1 is 1.33 bits per heavy atom. The quantitative estimate of drug-likeness (QED) is 0.901. The number of anilines is 1. The first-order valence-electron chi connectivity index (χ1n) is 6.37. The highest BCUT2D eigenvalue weighted by Crippen LogP contribution is 2.47. The van der Waals surface area contributed by atoms with Gasteiger partial charge in [-0.25, -0.2) is 0 Å². The van der Waals surface area contributed by atoms with Crippen LogP contribution < -0.4 is 5.32 Å². The van der Waals surface area contributed by atoms with Crippen molar-refractivity contribution < 1.29 is 0 Å². The number of thioether (sulfide) groups is 1. The molecule has 2 nitrogen and oxygen atoms in total. The topological polar surface area (TPSA) is 24.9 Å². The molecule has 2 aromatic rings. The summed E-state index contributed by atoms with van der Waals surface area (Å²) in [6.07, 6.45) is 6.77. The van der Waals surface area contributed by atoms with E-state index in [0.717, 1.165) is 12.1 Å². The fourth-order valence-corrected chi connectivity index (χ4v) is 2.99. The van der Waals surface area contributed by atoms with Crippen molar-refractivity contribution in [3.05, 3.63) is 36.0 Å². The summed E-state index contributed by atoms with van der Waals surface area (Å²) >= 11 is 1.99. The molecule has 0 radical (unpaired) electrons. The number of aromatic nitrogens is 1. The molecule has 0 atom stereocenters. The minimum Gasteiger partial charge on any atom is -0.383 e. The maximum atomic E-state index is 4.42. The first-order valence-corrected chi connectivity index (χ1v) is 7.59. The number of hydrogen-bond donors (Lipinski definition) is 1. The molecule has 1 heterocycles. The average Bonchev–Trinajstić information content (AvgIpc) is 3.17. The van der Waals surface area contributed by atoms with Gasteiger partial charge in [0.25, 0.3) is 0 Å². The van der Waals surface area contributed by atoms with Crippen LogP contribution in [0.2, 0.25) is 0 Å². The minimum absolute atomic E-state index is 0.486. The van der Waals surface area contributed by atoms with E-state index in [1.54, 1.807) is 0 Å².